The number of aromatic nitrogens is 3. The van der Waals surface area contributed by atoms with Crippen molar-refractivity contribution in [1.82, 2.24) is 19.7 Å². The molecule has 2 aromatic heterocycles. The molecule has 0 bridgehead atoms. The monoisotopic (exact) mass is 445 g/mol. The summed E-state index contributed by atoms with van der Waals surface area (Å²) >= 11 is 6.22. The first kappa shape index (κ1) is 22.5. The van der Waals surface area contributed by atoms with Crippen LogP contribution in [0.25, 0.3) is 5.82 Å². The lowest BCUT2D eigenvalue weighted by molar-refractivity contribution is -0.137. The summed E-state index contributed by atoms with van der Waals surface area (Å²) in [4.78, 5) is 18.6. The van der Waals surface area contributed by atoms with E-state index < -0.39 is 17.3 Å². The number of halogens is 4. The maximum Gasteiger partial charge on any atom is 0.417 e. The highest BCUT2D eigenvalue weighted by Crippen LogP contribution is 2.28. The predicted molar refractivity (Wildman–Crippen MR) is 107 cm³/mol. The number of anilines is 1. The average molecular weight is 446 g/mol. The fourth-order valence-corrected chi connectivity index (χ4v) is 3.50. The lowest BCUT2D eigenvalue weighted by Gasteiger charge is -2.37. The van der Waals surface area contributed by atoms with Crippen molar-refractivity contribution in [1.29, 1.82) is 0 Å². The van der Waals surface area contributed by atoms with Crippen LogP contribution in [-0.2, 0) is 10.9 Å². The van der Waals surface area contributed by atoms with Gasteiger partial charge in [-0.1, -0.05) is 25.4 Å². The molecule has 1 aliphatic rings. The Morgan fingerprint density at radius 1 is 1.23 bits per heavy atom. The molecule has 3 rings (SSSR count). The second-order valence-electron chi connectivity index (χ2n) is 7.33. The van der Waals surface area contributed by atoms with Crippen molar-refractivity contribution in [2.24, 2.45) is 5.92 Å². The molecular formula is C19H23ClF3N5O2. The molecule has 0 amide bonds. The van der Waals surface area contributed by atoms with E-state index in [4.69, 9.17) is 16.3 Å². The van der Waals surface area contributed by atoms with Crippen LogP contribution in [0, 0.1) is 5.92 Å². The number of morpholine rings is 1. The van der Waals surface area contributed by atoms with Gasteiger partial charge in [-0.3, -0.25) is 9.69 Å². The van der Waals surface area contributed by atoms with E-state index >= 15 is 0 Å². The van der Waals surface area contributed by atoms with Crippen molar-refractivity contribution >= 4 is 17.3 Å². The molecule has 30 heavy (non-hydrogen) atoms. The van der Waals surface area contributed by atoms with E-state index in [0.29, 0.717) is 37.6 Å². The van der Waals surface area contributed by atoms with Gasteiger partial charge in [-0.05, 0) is 18.1 Å². The van der Waals surface area contributed by atoms with Crippen molar-refractivity contribution in [3.8, 4) is 5.82 Å². The maximum atomic E-state index is 12.7. The van der Waals surface area contributed by atoms with Gasteiger partial charge < -0.3 is 10.1 Å². The standard InChI is InChI=1S/C19H23ClF3N5O2/c1-12(2)15(27-5-7-30-8-6-27)11-24-14-10-26-28(18(29)17(14)20)16-4-3-13(9-25-16)19(21,22)23/h3-4,9-10,12,15,24H,5-8,11H2,1-2H3. The van der Waals surface area contributed by atoms with Gasteiger partial charge >= 0.3 is 6.18 Å². The third kappa shape index (κ3) is 5.11. The fraction of sp³-hybridized carbons (Fsp3) is 0.526. The van der Waals surface area contributed by atoms with E-state index in [1.807, 2.05) is 0 Å². The number of hydrogen-bond acceptors (Lipinski definition) is 6. The molecule has 0 spiro atoms. The maximum absolute atomic E-state index is 12.7. The van der Waals surface area contributed by atoms with Crippen LogP contribution in [0.15, 0.2) is 29.3 Å². The summed E-state index contributed by atoms with van der Waals surface area (Å²) in [7, 11) is 0. The molecule has 0 aliphatic carbocycles. The SMILES string of the molecule is CC(C)C(CNc1cnn(-c2ccc(C(F)(F)F)cn2)c(=O)c1Cl)N1CCOCC1. The van der Waals surface area contributed by atoms with E-state index in [-0.39, 0.29) is 16.9 Å². The van der Waals surface area contributed by atoms with Crippen molar-refractivity contribution in [2.45, 2.75) is 26.1 Å². The Morgan fingerprint density at radius 3 is 2.50 bits per heavy atom. The summed E-state index contributed by atoms with van der Waals surface area (Å²) in [6.07, 6.45) is -2.48. The van der Waals surface area contributed by atoms with Gasteiger partial charge in [-0.15, -0.1) is 0 Å². The van der Waals surface area contributed by atoms with Gasteiger partial charge in [0.25, 0.3) is 5.56 Å². The predicted octanol–water partition coefficient (Wildman–Crippen LogP) is 3.07. The van der Waals surface area contributed by atoms with E-state index in [1.54, 1.807) is 0 Å². The first-order chi connectivity index (χ1) is 14.2. The second-order valence-corrected chi connectivity index (χ2v) is 7.71. The topological polar surface area (TPSA) is 72.3 Å². The summed E-state index contributed by atoms with van der Waals surface area (Å²) in [5.41, 5.74) is -1.21. The van der Waals surface area contributed by atoms with Gasteiger partial charge in [-0.2, -0.15) is 23.0 Å². The van der Waals surface area contributed by atoms with Crippen molar-refractivity contribution in [3.63, 3.8) is 0 Å². The van der Waals surface area contributed by atoms with Crippen LogP contribution in [0.1, 0.15) is 19.4 Å². The molecular weight excluding hydrogens is 423 g/mol. The quantitative estimate of drug-likeness (QED) is 0.736. The van der Waals surface area contributed by atoms with Crippen LogP contribution >= 0.6 is 11.6 Å². The molecule has 164 valence electrons. The Hall–Kier alpha value is -2.17. The number of nitrogens with one attached hydrogen (secondary N) is 1. The van der Waals surface area contributed by atoms with Crippen LogP contribution in [-0.4, -0.2) is 58.6 Å². The number of alkyl halides is 3. The third-order valence-electron chi connectivity index (χ3n) is 5.00. The third-order valence-corrected chi connectivity index (χ3v) is 5.36. The molecule has 0 aromatic carbocycles. The van der Waals surface area contributed by atoms with E-state index in [9.17, 15) is 18.0 Å². The molecule has 1 fully saturated rings. The molecule has 1 aliphatic heterocycles. The van der Waals surface area contributed by atoms with Gasteiger partial charge in [0.05, 0.1) is 30.7 Å². The summed E-state index contributed by atoms with van der Waals surface area (Å²) < 4.78 is 44.4. The molecule has 1 N–H and O–H groups in total. The Bertz CT molecular complexity index is 912. The first-order valence-electron chi connectivity index (χ1n) is 9.55. The van der Waals surface area contributed by atoms with Gasteiger partial charge in [0.15, 0.2) is 5.82 Å². The fourth-order valence-electron chi connectivity index (χ4n) is 3.31. The average Bonchev–Trinajstić information content (AvgIpc) is 2.71. The van der Waals surface area contributed by atoms with Gasteiger partial charge in [0.2, 0.25) is 0 Å². The molecule has 1 saturated heterocycles. The Labute approximate surface area is 176 Å². The number of nitrogens with zero attached hydrogens (tertiary/aromatic N) is 4. The Balaban J connectivity index is 1.76. The summed E-state index contributed by atoms with van der Waals surface area (Å²) in [6.45, 7) is 7.83. The molecule has 0 saturated carbocycles. The normalized spacial score (nSPS) is 16.6. The zero-order valence-electron chi connectivity index (χ0n) is 16.6. The lowest BCUT2D eigenvalue weighted by atomic mass is 10.0. The lowest BCUT2D eigenvalue weighted by Crippen LogP contribution is -2.49. The summed E-state index contributed by atoms with van der Waals surface area (Å²) in [5.74, 6) is 0.314. The molecule has 11 heteroatoms. The second kappa shape index (κ2) is 9.32. The van der Waals surface area contributed by atoms with E-state index in [2.05, 4.69) is 34.1 Å². The minimum atomic E-state index is -4.51. The van der Waals surface area contributed by atoms with Crippen LogP contribution in [0.3, 0.4) is 0 Å². The largest absolute Gasteiger partial charge is 0.417 e. The number of hydrogen-bond donors (Lipinski definition) is 1. The smallest absolute Gasteiger partial charge is 0.381 e. The Morgan fingerprint density at radius 2 is 1.93 bits per heavy atom. The molecule has 1 unspecified atom stereocenters. The summed E-state index contributed by atoms with van der Waals surface area (Å²) in [5, 5.41) is 7.10. The Kier molecular flexibility index (Phi) is 6.99. The molecule has 2 aromatic rings. The van der Waals surface area contributed by atoms with Crippen LogP contribution in [0.5, 0.6) is 0 Å². The highest BCUT2D eigenvalue weighted by atomic mass is 35.5. The van der Waals surface area contributed by atoms with Crippen LogP contribution < -0.4 is 10.9 Å². The van der Waals surface area contributed by atoms with Crippen LogP contribution in [0.2, 0.25) is 5.02 Å². The van der Waals surface area contributed by atoms with Crippen LogP contribution in [0.4, 0.5) is 18.9 Å². The van der Waals surface area contributed by atoms with Crippen molar-refractivity contribution < 1.29 is 17.9 Å². The molecule has 7 nitrogen and oxygen atoms in total. The first-order valence-corrected chi connectivity index (χ1v) is 9.93. The minimum Gasteiger partial charge on any atom is -0.381 e. The van der Waals surface area contributed by atoms with E-state index in [1.165, 1.54) is 6.20 Å². The number of ether oxygens (including phenoxy) is 1. The zero-order chi connectivity index (χ0) is 21.9. The molecule has 3 heterocycles. The van der Waals surface area contributed by atoms with Gasteiger partial charge in [0.1, 0.15) is 5.02 Å². The van der Waals surface area contributed by atoms with Gasteiger partial charge in [-0.25, -0.2) is 4.98 Å². The minimum absolute atomic E-state index is 0.0465. The van der Waals surface area contributed by atoms with E-state index in [0.717, 1.165) is 29.9 Å². The number of rotatable bonds is 6. The highest BCUT2D eigenvalue weighted by Gasteiger charge is 2.31. The van der Waals surface area contributed by atoms with Gasteiger partial charge in [0, 0.05) is 31.9 Å². The zero-order valence-corrected chi connectivity index (χ0v) is 17.4. The highest BCUT2D eigenvalue weighted by molar-refractivity contribution is 6.32. The van der Waals surface area contributed by atoms with Crippen molar-refractivity contribution in [2.75, 3.05) is 38.2 Å². The summed E-state index contributed by atoms with van der Waals surface area (Å²) in [6, 6.07) is 2.13. The number of pyridine rings is 1. The molecule has 0 radical (unpaired) electrons. The van der Waals surface area contributed by atoms with Crippen molar-refractivity contribution in [3.05, 3.63) is 45.5 Å². The molecule has 1 atom stereocenters.